The molecule has 0 aromatic rings. The van der Waals surface area contributed by atoms with Crippen molar-refractivity contribution in [1.29, 1.82) is 0 Å². The molecule has 136 valence electrons. The van der Waals surface area contributed by atoms with Gasteiger partial charge >= 0.3 is 12.1 Å². The van der Waals surface area contributed by atoms with E-state index in [0.717, 1.165) is 12.8 Å². The monoisotopic (exact) mass is 360 g/mol. The van der Waals surface area contributed by atoms with Gasteiger partial charge in [-0.1, -0.05) is 13.3 Å². The van der Waals surface area contributed by atoms with E-state index in [2.05, 4.69) is 0 Å². The number of ether oxygens (including phenoxy) is 3. The minimum absolute atomic E-state index is 0.222. The van der Waals surface area contributed by atoms with Crippen LogP contribution in [0.1, 0.15) is 40.5 Å². The molecule has 2 aliphatic rings. The van der Waals surface area contributed by atoms with Crippen LogP contribution in [0.5, 0.6) is 0 Å². The summed E-state index contributed by atoms with van der Waals surface area (Å²) in [6.45, 7) is 7.36. The van der Waals surface area contributed by atoms with E-state index in [-0.39, 0.29) is 17.9 Å². The van der Waals surface area contributed by atoms with Crippen LogP contribution >= 0.6 is 11.8 Å². The van der Waals surface area contributed by atoms with E-state index in [0.29, 0.717) is 0 Å². The highest BCUT2D eigenvalue weighted by molar-refractivity contribution is 8.01. The standard InChI is InChI=1S/C15H24N2O6S/c1-5-6-7-21-14(20)23-8(2)22-13(19)10-15(3,4)24-12-9(16)11(18)17(10)12/h8-10,12H,5-7,16H2,1-4H3/t8?,9-,10+,12-/m1/s1. The predicted molar refractivity (Wildman–Crippen MR) is 87.0 cm³/mol. The lowest BCUT2D eigenvalue weighted by atomic mass is 9.96. The molecule has 0 aromatic carbocycles. The van der Waals surface area contributed by atoms with Crippen molar-refractivity contribution in [3.8, 4) is 0 Å². The minimum atomic E-state index is -1.10. The number of β-lactam (4-membered cyclic amide) rings is 1. The zero-order valence-corrected chi connectivity index (χ0v) is 15.1. The van der Waals surface area contributed by atoms with Gasteiger partial charge in [-0.05, 0) is 20.3 Å². The summed E-state index contributed by atoms with van der Waals surface area (Å²) in [5.74, 6) is -0.892. The second kappa shape index (κ2) is 7.18. The molecule has 0 saturated carbocycles. The number of hydrogen-bond donors (Lipinski definition) is 1. The maximum Gasteiger partial charge on any atom is 0.511 e. The molecule has 0 aromatic heterocycles. The number of unbranched alkanes of at least 4 members (excludes halogenated alkanes) is 1. The summed E-state index contributed by atoms with van der Waals surface area (Å²) in [4.78, 5) is 37.3. The van der Waals surface area contributed by atoms with Gasteiger partial charge in [0.1, 0.15) is 17.5 Å². The van der Waals surface area contributed by atoms with Crippen molar-refractivity contribution in [3.05, 3.63) is 0 Å². The Labute approximate surface area is 145 Å². The summed E-state index contributed by atoms with van der Waals surface area (Å²) in [6, 6.07) is -1.35. The first kappa shape index (κ1) is 18.9. The van der Waals surface area contributed by atoms with E-state index in [1.54, 1.807) is 0 Å². The van der Waals surface area contributed by atoms with E-state index in [4.69, 9.17) is 19.9 Å². The van der Waals surface area contributed by atoms with Crippen molar-refractivity contribution in [2.45, 2.75) is 69.0 Å². The van der Waals surface area contributed by atoms with Crippen LogP contribution in [0.25, 0.3) is 0 Å². The molecule has 4 atom stereocenters. The highest BCUT2D eigenvalue weighted by Crippen LogP contribution is 2.50. The zero-order chi connectivity index (χ0) is 18.1. The number of thioether (sulfide) groups is 1. The first-order valence-corrected chi connectivity index (χ1v) is 8.86. The molecule has 0 spiro atoms. The highest BCUT2D eigenvalue weighted by Gasteiger charge is 2.63. The summed E-state index contributed by atoms with van der Waals surface area (Å²) in [6.07, 6.45) is -0.366. The Bertz CT molecular complexity index is 526. The van der Waals surface area contributed by atoms with Crippen LogP contribution in [0.15, 0.2) is 0 Å². The smallest absolute Gasteiger partial charge is 0.434 e. The number of nitrogens with zero attached hydrogens (tertiary/aromatic N) is 1. The fourth-order valence-corrected chi connectivity index (χ4v) is 4.31. The molecule has 2 saturated heterocycles. The topological polar surface area (TPSA) is 108 Å². The number of carbonyl (C=O) groups is 3. The van der Waals surface area contributed by atoms with Crippen LogP contribution in [0, 0.1) is 0 Å². The predicted octanol–water partition coefficient (Wildman–Crippen LogP) is 1.22. The quantitative estimate of drug-likeness (QED) is 0.326. The lowest BCUT2D eigenvalue weighted by molar-refractivity contribution is -0.180. The molecule has 1 unspecified atom stereocenters. The van der Waals surface area contributed by atoms with Crippen molar-refractivity contribution < 1.29 is 28.6 Å². The summed E-state index contributed by atoms with van der Waals surface area (Å²) in [5.41, 5.74) is 5.77. The summed E-state index contributed by atoms with van der Waals surface area (Å²) in [5, 5.41) is -0.222. The molecule has 2 aliphatic heterocycles. The Morgan fingerprint density at radius 2 is 2.04 bits per heavy atom. The highest BCUT2D eigenvalue weighted by atomic mass is 32.2. The molecule has 2 N–H and O–H groups in total. The molecule has 0 bridgehead atoms. The Kier molecular flexibility index (Phi) is 5.64. The Morgan fingerprint density at radius 1 is 1.38 bits per heavy atom. The van der Waals surface area contributed by atoms with Gasteiger partial charge in [0.2, 0.25) is 12.2 Å². The molecular weight excluding hydrogens is 336 g/mol. The third-order valence-corrected chi connectivity index (χ3v) is 5.56. The van der Waals surface area contributed by atoms with E-state index < -0.39 is 35.2 Å². The van der Waals surface area contributed by atoms with Crippen LogP contribution in [-0.2, 0) is 23.8 Å². The molecule has 9 heteroatoms. The average molecular weight is 360 g/mol. The number of amides is 1. The summed E-state index contributed by atoms with van der Waals surface area (Å²) in [7, 11) is 0. The van der Waals surface area contributed by atoms with Crippen LogP contribution in [0.4, 0.5) is 4.79 Å². The van der Waals surface area contributed by atoms with Crippen molar-refractivity contribution in [2.75, 3.05) is 6.61 Å². The van der Waals surface area contributed by atoms with Gasteiger partial charge in [-0.3, -0.25) is 4.79 Å². The van der Waals surface area contributed by atoms with Gasteiger partial charge in [-0.2, -0.15) is 0 Å². The number of fused-ring (bicyclic) bond motifs is 1. The minimum Gasteiger partial charge on any atom is -0.434 e. The van der Waals surface area contributed by atoms with Crippen LogP contribution in [-0.4, -0.2) is 58.0 Å². The summed E-state index contributed by atoms with van der Waals surface area (Å²) < 4.78 is 14.4. The molecular formula is C15H24N2O6S. The zero-order valence-electron chi connectivity index (χ0n) is 14.3. The second-order valence-electron chi connectivity index (χ2n) is 6.36. The lowest BCUT2D eigenvalue weighted by Crippen LogP contribution is -2.69. The van der Waals surface area contributed by atoms with Crippen LogP contribution < -0.4 is 5.73 Å². The average Bonchev–Trinajstić information content (AvgIpc) is 2.75. The number of hydrogen-bond acceptors (Lipinski definition) is 8. The van der Waals surface area contributed by atoms with Gasteiger partial charge in [-0.15, -0.1) is 11.8 Å². The van der Waals surface area contributed by atoms with Gasteiger partial charge in [0.25, 0.3) is 0 Å². The molecule has 2 rings (SSSR count). The van der Waals surface area contributed by atoms with Crippen molar-refractivity contribution in [1.82, 2.24) is 4.90 Å². The van der Waals surface area contributed by atoms with E-state index in [1.807, 2.05) is 20.8 Å². The van der Waals surface area contributed by atoms with Gasteiger partial charge in [0.15, 0.2) is 0 Å². The molecule has 2 fully saturated rings. The molecule has 0 radical (unpaired) electrons. The number of rotatable bonds is 6. The maximum atomic E-state index is 12.5. The maximum absolute atomic E-state index is 12.5. The SMILES string of the molecule is CCCCOC(=O)OC(C)OC(=O)[C@@H]1N2C(=O)[C@@H](N)[C@H]2SC1(C)C. The van der Waals surface area contributed by atoms with Crippen molar-refractivity contribution in [3.63, 3.8) is 0 Å². The van der Waals surface area contributed by atoms with Gasteiger partial charge in [-0.25, -0.2) is 9.59 Å². The molecule has 1 amide bonds. The normalized spacial score (nSPS) is 28.6. The van der Waals surface area contributed by atoms with Crippen molar-refractivity contribution >= 4 is 29.8 Å². The van der Waals surface area contributed by atoms with Crippen molar-refractivity contribution in [2.24, 2.45) is 5.73 Å². The number of nitrogens with two attached hydrogens (primary N) is 1. The Balaban J connectivity index is 1.89. The molecule has 8 nitrogen and oxygen atoms in total. The first-order chi connectivity index (χ1) is 11.2. The van der Waals surface area contributed by atoms with Gasteiger partial charge in [0, 0.05) is 11.7 Å². The largest absolute Gasteiger partial charge is 0.511 e. The first-order valence-electron chi connectivity index (χ1n) is 7.98. The van der Waals surface area contributed by atoms with Gasteiger partial charge in [0.05, 0.1) is 6.61 Å². The molecule has 24 heavy (non-hydrogen) atoms. The van der Waals surface area contributed by atoms with Gasteiger partial charge < -0.3 is 24.8 Å². The van der Waals surface area contributed by atoms with E-state index in [1.165, 1.54) is 23.6 Å². The Morgan fingerprint density at radius 3 is 2.67 bits per heavy atom. The lowest BCUT2D eigenvalue weighted by Gasteiger charge is -2.42. The van der Waals surface area contributed by atoms with E-state index >= 15 is 0 Å². The Hall–Kier alpha value is -1.48. The fourth-order valence-electron chi connectivity index (χ4n) is 2.74. The fraction of sp³-hybridized carbons (Fsp3) is 0.800. The number of esters is 1. The number of carbonyl (C=O) groups excluding carboxylic acids is 3. The summed E-state index contributed by atoms with van der Waals surface area (Å²) >= 11 is 1.47. The molecule has 2 heterocycles. The second-order valence-corrected chi connectivity index (χ2v) is 8.13. The van der Waals surface area contributed by atoms with E-state index in [9.17, 15) is 14.4 Å². The third-order valence-electron chi connectivity index (χ3n) is 3.97. The van der Waals surface area contributed by atoms with Crippen LogP contribution in [0.3, 0.4) is 0 Å². The molecule has 0 aliphatic carbocycles. The third kappa shape index (κ3) is 3.61. The van der Waals surface area contributed by atoms with Crippen LogP contribution in [0.2, 0.25) is 0 Å².